The van der Waals surface area contributed by atoms with Crippen molar-refractivity contribution in [2.45, 2.75) is 39.7 Å². The summed E-state index contributed by atoms with van der Waals surface area (Å²) in [6.45, 7) is 7.78. The predicted octanol–water partition coefficient (Wildman–Crippen LogP) is 1.33. The molecule has 0 unspecified atom stereocenters. The number of hydrogen-bond acceptors (Lipinski definition) is 3. The minimum Gasteiger partial charge on any atom is -0.392 e. The third kappa shape index (κ3) is 2.77. The molecule has 0 aliphatic carbocycles. The number of ether oxygens (including phenoxy) is 1. The molecule has 0 aromatic heterocycles. The smallest absolute Gasteiger partial charge is 0.236 e. The molecule has 0 aromatic carbocycles. The zero-order chi connectivity index (χ0) is 13.1. The Bertz CT molecular complexity index is 299. The van der Waals surface area contributed by atoms with Crippen LogP contribution in [0.1, 0.15) is 33.6 Å². The van der Waals surface area contributed by atoms with Crippen LogP contribution >= 0.6 is 12.2 Å². The minimum atomic E-state index is -0.687. The molecular formula is C12H22N2O2S. The first-order valence-electron chi connectivity index (χ1n) is 6.14. The van der Waals surface area contributed by atoms with Crippen LogP contribution in [0.4, 0.5) is 0 Å². The number of hydrogen-bond donors (Lipinski definition) is 1. The Morgan fingerprint density at radius 2 is 2.00 bits per heavy atom. The maximum absolute atomic E-state index is 12.6. The SMILES string of the molecule is CCN(C(=O)C1(C(N)=S)CCOCC1)C(C)C. The summed E-state index contributed by atoms with van der Waals surface area (Å²) in [5, 5.41) is 0. The third-order valence-electron chi connectivity index (χ3n) is 3.45. The van der Waals surface area contributed by atoms with E-state index in [4.69, 9.17) is 22.7 Å². The fourth-order valence-corrected chi connectivity index (χ4v) is 2.60. The van der Waals surface area contributed by atoms with Crippen molar-refractivity contribution in [1.29, 1.82) is 0 Å². The summed E-state index contributed by atoms with van der Waals surface area (Å²) in [6, 6.07) is 0.168. The van der Waals surface area contributed by atoms with E-state index in [2.05, 4.69) is 0 Å². The van der Waals surface area contributed by atoms with Crippen LogP contribution in [0.15, 0.2) is 0 Å². The number of carbonyl (C=O) groups excluding carboxylic acids is 1. The van der Waals surface area contributed by atoms with Crippen LogP contribution in [0, 0.1) is 5.41 Å². The number of nitrogens with two attached hydrogens (primary N) is 1. The summed E-state index contributed by atoms with van der Waals surface area (Å²) in [4.78, 5) is 14.8. The molecule has 0 spiro atoms. The molecule has 1 aliphatic heterocycles. The van der Waals surface area contributed by atoms with Crippen molar-refractivity contribution in [3.05, 3.63) is 0 Å². The second-order valence-electron chi connectivity index (χ2n) is 4.74. The minimum absolute atomic E-state index is 0.0609. The van der Waals surface area contributed by atoms with Gasteiger partial charge in [0.05, 0.1) is 4.99 Å². The van der Waals surface area contributed by atoms with Crippen LogP contribution in [0.3, 0.4) is 0 Å². The molecule has 98 valence electrons. The van der Waals surface area contributed by atoms with Gasteiger partial charge in [-0.25, -0.2) is 0 Å². The molecule has 0 saturated carbocycles. The molecule has 1 saturated heterocycles. The van der Waals surface area contributed by atoms with Gasteiger partial charge in [-0.1, -0.05) is 12.2 Å². The molecule has 2 N–H and O–H groups in total. The van der Waals surface area contributed by atoms with Gasteiger partial charge in [-0.3, -0.25) is 4.79 Å². The molecule has 4 nitrogen and oxygen atoms in total. The van der Waals surface area contributed by atoms with Gasteiger partial charge in [0, 0.05) is 25.8 Å². The van der Waals surface area contributed by atoms with Gasteiger partial charge in [-0.15, -0.1) is 0 Å². The van der Waals surface area contributed by atoms with Gasteiger partial charge in [-0.05, 0) is 33.6 Å². The van der Waals surface area contributed by atoms with E-state index in [1.54, 1.807) is 0 Å². The molecule has 1 heterocycles. The van der Waals surface area contributed by atoms with Crippen molar-refractivity contribution in [2.24, 2.45) is 11.1 Å². The second-order valence-corrected chi connectivity index (χ2v) is 5.18. The Morgan fingerprint density at radius 3 is 2.35 bits per heavy atom. The van der Waals surface area contributed by atoms with Gasteiger partial charge in [0.25, 0.3) is 0 Å². The lowest BCUT2D eigenvalue weighted by molar-refractivity contribution is -0.143. The van der Waals surface area contributed by atoms with Crippen molar-refractivity contribution in [3.8, 4) is 0 Å². The van der Waals surface area contributed by atoms with Crippen molar-refractivity contribution in [1.82, 2.24) is 4.90 Å². The highest BCUT2D eigenvalue weighted by molar-refractivity contribution is 7.80. The summed E-state index contributed by atoms with van der Waals surface area (Å²) < 4.78 is 5.31. The van der Waals surface area contributed by atoms with Crippen molar-refractivity contribution in [2.75, 3.05) is 19.8 Å². The fraction of sp³-hybridized carbons (Fsp3) is 0.833. The molecule has 1 amide bonds. The lowest BCUT2D eigenvalue weighted by Gasteiger charge is -2.40. The normalized spacial score (nSPS) is 19.1. The van der Waals surface area contributed by atoms with Gasteiger partial charge in [0.15, 0.2) is 0 Å². The molecule has 0 atom stereocenters. The lowest BCUT2D eigenvalue weighted by atomic mass is 9.78. The summed E-state index contributed by atoms with van der Waals surface area (Å²) in [6.07, 6.45) is 1.20. The first kappa shape index (κ1) is 14.4. The average Bonchev–Trinajstić information content (AvgIpc) is 2.30. The molecule has 5 heteroatoms. The topological polar surface area (TPSA) is 55.6 Å². The number of carbonyl (C=O) groups is 1. The van der Waals surface area contributed by atoms with E-state index in [1.807, 2.05) is 25.7 Å². The van der Waals surface area contributed by atoms with Crippen LogP contribution in [0.2, 0.25) is 0 Å². The quantitative estimate of drug-likeness (QED) is 0.773. The van der Waals surface area contributed by atoms with Crippen LogP contribution in [-0.4, -0.2) is 41.6 Å². The van der Waals surface area contributed by atoms with E-state index in [1.165, 1.54) is 0 Å². The first-order valence-corrected chi connectivity index (χ1v) is 6.55. The molecule has 1 rings (SSSR count). The van der Waals surface area contributed by atoms with E-state index < -0.39 is 5.41 Å². The largest absolute Gasteiger partial charge is 0.392 e. The lowest BCUT2D eigenvalue weighted by Crippen LogP contribution is -2.54. The number of rotatable bonds is 4. The Balaban J connectivity index is 2.97. The summed E-state index contributed by atoms with van der Waals surface area (Å²) >= 11 is 5.13. The molecule has 0 radical (unpaired) electrons. The van der Waals surface area contributed by atoms with Crippen LogP contribution in [-0.2, 0) is 9.53 Å². The average molecular weight is 258 g/mol. The highest BCUT2D eigenvalue weighted by Gasteiger charge is 2.45. The Labute approximate surface area is 108 Å². The highest BCUT2D eigenvalue weighted by Crippen LogP contribution is 2.33. The monoisotopic (exact) mass is 258 g/mol. The molecule has 17 heavy (non-hydrogen) atoms. The van der Waals surface area contributed by atoms with E-state index in [9.17, 15) is 4.79 Å². The van der Waals surface area contributed by atoms with Crippen molar-refractivity contribution in [3.63, 3.8) is 0 Å². The number of thiocarbonyl (C=S) groups is 1. The molecule has 0 bridgehead atoms. The second kappa shape index (κ2) is 5.78. The molecule has 0 aromatic rings. The summed E-state index contributed by atoms with van der Waals surface area (Å²) in [5.74, 6) is 0.0609. The fourth-order valence-electron chi connectivity index (χ4n) is 2.30. The van der Waals surface area contributed by atoms with E-state index in [-0.39, 0.29) is 11.9 Å². The summed E-state index contributed by atoms with van der Waals surface area (Å²) in [5.41, 5.74) is 5.14. The number of amides is 1. The third-order valence-corrected chi connectivity index (χ3v) is 3.84. The van der Waals surface area contributed by atoms with Crippen LogP contribution in [0.25, 0.3) is 0 Å². The van der Waals surface area contributed by atoms with Gasteiger partial charge >= 0.3 is 0 Å². The maximum Gasteiger partial charge on any atom is 0.236 e. The van der Waals surface area contributed by atoms with Gasteiger partial charge < -0.3 is 15.4 Å². The van der Waals surface area contributed by atoms with Crippen LogP contribution < -0.4 is 5.73 Å². The van der Waals surface area contributed by atoms with Gasteiger partial charge in [0.1, 0.15) is 5.41 Å². The van der Waals surface area contributed by atoms with Gasteiger partial charge in [0.2, 0.25) is 5.91 Å². The zero-order valence-electron chi connectivity index (χ0n) is 10.9. The molecule has 1 aliphatic rings. The molecular weight excluding hydrogens is 236 g/mol. The van der Waals surface area contributed by atoms with E-state index >= 15 is 0 Å². The van der Waals surface area contributed by atoms with E-state index in [0.29, 0.717) is 37.6 Å². The highest BCUT2D eigenvalue weighted by atomic mass is 32.1. The number of nitrogens with zero attached hydrogens (tertiary/aromatic N) is 1. The maximum atomic E-state index is 12.6. The molecule has 1 fully saturated rings. The zero-order valence-corrected chi connectivity index (χ0v) is 11.7. The Hall–Kier alpha value is -0.680. The first-order chi connectivity index (χ1) is 7.95. The predicted molar refractivity (Wildman–Crippen MR) is 71.8 cm³/mol. The van der Waals surface area contributed by atoms with Crippen LogP contribution in [0.5, 0.6) is 0 Å². The van der Waals surface area contributed by atoms with Gasteiger partial charge in [-0.2, -0.15) is 0 Å². The van der Waals surface area contributed by atoms with Crippen molar-refractivity contribution >= 4 is 23.1 Å². The standard InChI is InChI=1S/C12H22N2O2S/c1-4-14(9(2)3)11(15)12(10(13)17)5-7-16-8-6-12/h9H,4-8H2,1-3H3,(H2,13,17). The summed E-state index contributed by atoms with van der Waals surface area (Å²) in [7, 11) is 0. The Kier molecular flexibility index (Phi) is 4.89. The van der Waals surface area contributed by atoms with Crippen molar-refractivity contribution < 1.29 is 9.53 Å². The van der Waals surface area contributed by atoms with E-state index in [0.717, 1.165) is 0 Å². The Morgan fingerprint density at radius 1 is 1.47 bits per heavy atom.